The summed E-state index contributed by atoms with van der Waals surface area (Å²) in [5.74, 6) is -1.43. The number of nitrogens with zero attached hydrogens (tertiary/aromatic N) is 1. The van der Waals surface area contributed by atoms with Gasteiger partial charge in [-0.25, -0.2) is 9.80 Å². The maximum absolute atomic E-state index is 12.6. The molecule has 0 aromatic carbocycles. The van der Waals surface area contributed by atoms with Crippen LogP contribution in [-0.2, 0) is 14.3 Å². The molecule has 0 aliphatic carbocycles. The molecule has 3 amide bonds. The van der Waals surface area contributed by atoms with Gasteiger partial charge in [-0.1, -0.05) is 0 Å². The Labute approximate surface area is 169 Å². The van der Waals surface area contributed by atoms with Crippen LogP contribution in [0.1, 0.15) is 19.8 Å². The van der Waals surface area contributed by atoms with Gasteiger partial charge in [0.1, 0.15) is 0 Å². The van der Waals surface area contributed by atoms with E-state index in [1.165, 1.54) is 11.8 Å². The lowest BCUT2D eigenvalue weighted by molar-refractivity contribution is -0.197. The minimum Gasteiger partial charge on any atom is -0.437 e. The van der Waals surface area contributed by atoms with Gasteiger partial charge in [0, 0.05) is 19.6 Å². The van der Waals surface area contributed by atoms with Crippen LogP contribution in [0.2, 0.25) is 0 Å². The zero-order valence-electron chi connectivity index (χ0n) is 15.8. The molecule has 0 spiro atoms. The molecule has 3 fully saturated rings. The third-order valence-corrected chi connectivity index (χ3v) is 6.46. The van der Waals surface area contributed by atoms with Gasteiger partial charge in [-0.15, -0.1) is 11.8 Å². The lowest BCUT2D eigenvalue weighted by Gasteiger charge is -2.35. The number of amides is 3. The van der Waals surface area contributed by atoms with Gasteiger partial charge in [0.2, 0.25) is 11.8 Å². The van der Waals surface area contributed by atoms with Gasteiger partial charge in [-0.3, -0.25) is 25.6 Å². The van der Waals surface area contributed by atoms with Crippen LogP contribution in [0.15, 0.2) is 0 Å². The summed E-state index contributed by atoms with van der Waals surface area (Å²) >= 11 is 1.36. The van der Waals surface area contributed by atoms with Gasteiger partial charge in [0.05, 0.1) is 23.4 Å². The molecule has 3 saturated heterocycles. The molecule has 164 valence electrons. The highest BCUT2D eigenvalue weighted by Gasteiger charge is 2.41. The van der Waals surface area contributed by atoms with Gasteiger partial charge in [-0.2, -0.15) is 13.2 Å². The molecular formula is C16H24F3N5O4S. The second kappa shape index (κ2) is 9.06. The van der Waals surface area contributed by atoms with Crippen molar-refractivity contribution >= 4 is 29.7 Å². The number of hydrazine groups is 1. The molecule has 29 heavy (non-hydrogen) atoms. The first-order valence-corrected chi connectivity index (χ1v) is 10.4. The number of hydrogen-bond acceptors (Lipinski definition) is 8. The van der Waals surface area contributed by atoms with Crippen molar-refractivity contribution in [3.8, 4) is 0 Å². The third kappa shape index (κ3) is 5.53. The number of alkyl carbamates (subject to hydrolysis) is 1. The summed E-state index contributed by atoms with van der Waals surface area (Å²) in [6.45, 7) is 2.58. The summed E-state index contributed by atoms with van der Waals surface area (Å²) in [4.78, 5) is 36.5. The lowest BCUT2D eigenvalue weighted by Crippen LogP contribution is -2.59. The van der Waals surface area contributed by atoms with Crippen molar-refractivity contribution in [2.45, 2.75) is 43.6 Å². The summed E-state index contributed by atoms with van der Waals surface area (Å²) in [7, 11) is 0. The van der Waals surface area contributed by atoms with Crippen molar-refractivity contribution in [1.82, 2.24) is 26.4 Å². The molecule has 0 saturated carbocycles. The van der Waals surface area contributed by atoms with E-state index in [-0.39, 0.29) is 18.0 Å². The van der Waals surface area contributed by atoms with Crippen molar-refractivity contribution in [2.24, 2.45) is 11.8 Å². The Kier molecular flexibility index (Phi) is 6.91. The van der Waals surface area contributed by atoms with E-state index in [9.17, 15) is 27.6 Å². The predicted molar refractivity (Wildman–Crippen MR) is 97.2 cm³/mol. The molecule has 0 aromatic heterocycles. The van der Waals surface area contributed by atoms with Crippen LogP contribution in [0, 0.1) is 11.8 Å². The first-order valence-electron chi connectivity index (χ1n) is 9.39. The van der Waals surface area contributed by atoms with E-state index in [1.807, 2.05) is 10.3 Å². The number of fused-ring (bicyclic) bond motifs is 1. The molecule has 5 unspecified atom stereocenters. The Bertz CT molecular complexity index is 653. The largest absolute Gasteiger partial charge is 0.437 e. The number of rotatable bonds is 4. The normalized spacial score (nSPS) is 31.0. The van der Waals surface area contributed by atoms with Crippen molar-refractivity contribution in [3.05, 3.63) is 0 Å². The summed E-state index contributed by atoms with van der Waals surface area (Å²) in [5.41, 5.74) is 3.20. The monoisotopic (exact) mass is 439 g/mol. The molecule has 3 aliphatic rings. The second-order valence-corrected chi connectivity index (χ2v) is 8.49. The zero-order valence-corrected chi connectivity index (χ0v) is 16.6. The molecular weight excluding hydrogens is 415 g/mol. The summed E-state index contributed by atoms with van der Waals surface area (Å²) < 4.78 is 41.6. The molecule has 0 bridgehead atoms. The van der Waals surface area contributed by atoms with E-state index in [4.69, 9.17) is 0 Å². The quantitative estimate of drug-likeness (QED) is 0.490. The van der Waals surface area contributed by atoms with E-state index in [2.05, 4.69) is 20.8 Å². The molecule has 13 heteroatoms. The lowest BCUT2D eigenvalue weighted by atomic mass is 10.0. The van der Waals surface area contributed by atoms with Gasteiger partial charge < -0.3 is 10.1 Å². The Morgan fingerprint density at radius 3 is 2.72 bits per heavy atom. The number of hydrogen-bond donors (Lipinski definition) is 4. The molecule has 3 heterocycles. The van der Waals surface area contributed by atoms with Gasteiger partial charge in [0.15, 0.2) is 6.10 Å². The van der Waals surface area contributed by atoms with Crippen LogP contribution in [0.25, 0.3) is 0 Å². The highest BCUT2D eigenvalue weighted by atomic mass is 32.2. The van der Waals surface area contributed by atoms with Crippen molar-refractivity contribution in [3.63, 3.8) is 0 Å². The first kappa shape index (κ1) is 22.1. The minimum absolute atomic E-state index is 0.212. The number of thioether (sulfide) groups is 1. The number of alkyl halides is 3. The highest BCUT2D eigenvalue weighted by molar-refractivity contribution is 8.00. The molecule has 0 aromatic rings. The molecule has 3 rings (SSSR count). The van der Waals surface area contributed by atoms with E-state index < -0.39 is 35.6 Å². The fourth-order valence-electron chi connectivity index (χ4n) is 3.48. The minimum atomic E-state index is -4.71. The van der Waals surface area contributed by atoms with Crippen LogP contribution < -0.4 is 21.4 Å². The Morgan fingerprint density at radius 2 is 2.00 bits per heavy atom. The van der Waals surface area contributed by atoms with Crippen LogP contribution in [0.4, 0.5) is 18.0 Å². The van der Waals surface area contributed by atoms with Gasteiger partial charge >= 0.3 is 12.3 Å². The van der Waals surface area contributed by atoms with E-state index in [1.54, 1.807) is 0 Å². The molecule has 0 radical (unpaired) electrons. The van der Waals surface area contributed by atoms with Crippen LogP contribution in [0.5, 0.6) is 0 Å². The molecule has 9 nitrogen and oxygen atoms in total. The van der Waals surface area contributed by atoms with Crippen molar-refractivity contribution in [1.29, 1.82) is 0 Å². The maximum Gasteiger partial charge on any atom is 0.425 e. The average Bonchev–Trinajstić information content (AvgIpc) is 3.28. The van der Waals surface area contributed by atoms with Crippen LogP contribution in [-0.4, -0.2) is 72.1 Å². The standard InChI is InChI=1S/C16H24F3N5O4S/c1-8(16(17,18)19)28-15(27)23-13(26)10-3-5-29-14(10)22-12(25)9-6-20-11-2-4-21-24(11)7-9/h8-11,14,20-21H,2-7H2,1H3,(H,22,25)(H,23,26,27). The number of carbonyl (C=O) groups is 3. The third-order valence-electron chi connectivity index (χ3n) is 5.18. The maximum atomic E-state index is 12.6. The van der Waals surface area contributed by atoms with E-state index >= 15 is 0 Å². The second-order valence-electron chi connectivity index (χ2n) is 7.24. The van der Waals surface area contributed by atoms with Crippen molar-refractivity contribution in [2.75, 3.05) is 25.4 Å². The Balaban J connectivity index is 1.49. The SMILES string of the molecule is CC(OC(=O)NC(=O)C1CCSC1NC(=O)C1CNC2CCNN2C1)C(F)(F)F. The summed E-state index contributed by atoms with van der Waals surface area (Å²) in [6.07, 6.45) is -6.93. The summed E-state index contributed by atoms with van der Waals surface area (Å²) in [6, 6.07) is 0. The van der Waals surface area contributed by atoms with Crippen LogP contribution >= 0.6 is 11.8 Å². The number of nitrogens with one attached hydrogen (secondary N) is 4. The molecule has 5 atom stereocenters. The smallest absolute Gasteiger partial charge is 0.425 e. The van der Waals surface area contributed by atoms with Gasteiger partial charge in [0.25, 0.3) is 0 Å². The number of ether oxygens (including phenoxy) is 1. The molecule has 3 aliphatic heterocycles. The number of carbonyl (C=O) groups excluding carboxylic acids is 3. The predicted octanol–water partition coefficient (Wildman–Crippen LogP) is 0.141. The Hall–Kier alpha value is -1.57. The van der Waals surface area contributed by atoms with E-state index in [0.717, 1.165) is 13.0 Å². The Morgan fingerprint density at radius 1 is 1.24 bits per heavy atom. The molecule has 4 N–H and O–H groups in total. The van der Waals surface area contributed by atoms with Gasteiger partial charge in [-0.05, 0) is 25.5 Å². The number of imide groups is 1. The zero-order chi connectivity index (χ0) is 21.2. The topological polar surface area (TPSA) is 112 Å². The average molecular weight is 439 g/mol. The number of halogens is 3. The highest BCUT2D eigenvalue weighted by Crippen LogP contribution is 2.31. The van der Waals surface area contributed by atoms with E-state index in [0.29, 0.717) is 32.2 Å². The fraction of sp³-hybridized carbons (Fsp3) is 0.812. The van der Waals surface area contributed by atoms with Crippen LogP contribution in [0.3, 0.4) is 0 Å². The first-order chi connectivity index (χ1) is 13.6. The van der Waals surface area contributed by atoms with Crippen molar-refractivity contribution < 1.29 is 32.3 Å². The summed E-state index contributed by atoms with van der Waals surface area (Å²) in [5, 5.41) is 9.40. The fourth-order valence-corrected chi connectivity index (χ4v) is 4.81.